The van der Waals surface area contributed by atoms with Crippen molar-refractivity contribution in [2.24, 2.45) is 17.8 Å². The van der Waals surface area contributed by atoms with Gasteiger partial charge in [0.25, 0.3) is 0 Å². The van der Waals surface area contributed by atoms with Crippen LogP contribution >= 0.6 is 11.6 Å². The molecule has 4 fully saturated rings. The van der Waals surface area contributed by atoms with Gasteiger partial charge >= 0.3 is 0 Å². The molecule has 2 aromatic carbocycles. The van der Waals surface area contributed by atoms with Crippen molar-refractivity contribution in [1.82, 2.24) is 4.72 Å². The summed E-state index contributed by atoms with van der Waals surface area (Å²) in [6.45, 7) is 0. The quantitative estimate of drug-likeness (QED) is 0.883. The Hall–Kier alpha value is -1.10. The van der Waals surface area contributed by atoms with E-state index in [0.717, 1.165) is 35.4 Å². The van der Waals surface area contributed by atoms with Gasteiger partial charge in [0.2, 0.25) is 10.0 Å². The third-order valence-corrected chi connectivity index (χ3v) is 8.32. The average Bonchev–Trinajstić information content (AvgIpc) is 2.90. The lowest BCUT2D eigenvalue weighted by Gasteiger charge is -2.33. The van der Waals surface area contributed by atoms with Crippen LogP contribution in [0.15, 0.2) is 41.3 Å². The van der Waals surface area contributed by atoms with Crippen LogP contribution in [0.5, 0.6) is 0 Å². The Morgan fingerprint density at radius 3 is 2.54 bits per heavy atom. The van der Waals surface area contributed by atoms with Gasteiger partial charge in [0, 0.05) is 15.9 Å². The van der Waals surface area contributed by atoms with Crippen molar-refractivity contribution in [3.8, 4) is 0 Å². The summed E-state index contributed by atoms with van der Waals surface area (Å²) in [5.74, 6) is 1.98. The van der Waals surface area contributed by atoms with Gasteiger partial charge in [-0.2, -0.15) is 0 Å². The Kier molecular flexibility index (Phi) is 3.14. The fourth-order valence-corrected chi connectivity index (χ4v) is 7.44. The van der Waals surface area contributed by atoms with Crippen molar-refractivity contribution < 1.29 is 8.42 Å². The number of benzene rings is 2. The van der Waals surface area contributed by atoms with Gasteiger partial charge in [-0.05, 0) is 73.4 Å². The zero-order valence-corrected chi connectivity index (χ0v) is 14.9. The summed E-state index contributed by atoms with van der Waals surface area (Å²) in [7, 11) is -3.51. The Morgan fingerprint density at radius 1 is 1.04 bits per heavy atom. The first-order valence-electron chi connectivity index (χ1n) is 8.67. The van der Waals surface area contributed by atoms with Crippen LogP contribution in [0.3, 0.4) is 0 Å². The van der Waals surface area contributed by atoms with Gasteiger partial charge in [0.15, 0.2) is 0 Å². The monoisotopic (exact) mass is 361 g/mol. The van der Waals surface area contributed by atoms with Crippen LogP contribution < -0.4 is 4.72 Å². The van der Waals surface area contributed by atoms with E-state index in [2.05, 4.69) is 4.72 Å². The highest BCUT2D eigenvalue weighted by Gasteiger charge is 2.59. The van der Waals surface area contributed by atoms with Crippen molar-refractivity contribution in [3.05, 3.63) is 41.4 Å². The van der Waals surface area contributed by atoms with Crippen LogP contribution in [0.2, 0.25) is 5.02 Å². The molecule has 1 N–H and O–H groups in total. The normalized spacial score (nSPS) is 34.3. The van der Waals surface area contributed by atoms with E-state index in [1.807, 2.05) is 24.3 Å². The molecule has 2 unspecified atom stereocenters. The minimum absolute atomic E-state index is 0.185. The molecule has 126 valence electrons. The summed E-state index contributed by atoms with van der Waals surface area (Å²) in [6, 6.07) is 10.8. The largest absolute Gasteiger partial charge is 0.241 e. The minimum atomic E-state index is -3.51. The molecule has 24 heavy (non-hydrogen) atoms. The SMILES string of the molecule is O=S(=O)(NC12CC3CC(CC1C3)C2)c1ccc2c(Cl)cccc2c1. The van der Waals surface area contributed by atoms with E-state index in [-0.39, 0.29) is 5.54 Å². The number of rotatable bonds is 3. The number of nitrogens with one attached hydrogen (secondary N) is 1. The number of hydrogen-bond acceptors (Lipinski definition) is 2. The van der Waals surface area contributed by atoms with Crippen LogP contribution in [0, 0.1) is 17.8 Å². The lowest BCUT2D eigenvalue weighted by molar-refractivity contribution is 0.257. The molecule has 0 spiro atoms. The first-order chi connectivity index (χ1) is 11.5. The molecular formula is C19H20ClNO2S. The molecule has 5 heteroatoms. The number of halogens is 1. The molecule has 0 amide bonds. The molecule has 4 bridgehead atoms. The summed E-state index contributed by atoms with van der Waals surface area (Å²) in [4.78, 5) is 0.345. The summed E-state index contributed by atoms with van der Waals surface area (Å²) in [5.41, 5.74) is -0.185. The molecule has 6 rings (SSSR count). The van der Waals surface area contributed by atoms with Gasteiger partial charge in [0.1, 0.15) is 0 Å². The highest BCUT2D eigenvalue weighted by molar-refractivity contribution is 7.89. The zero-order chi connectivity index (χ0) is 16.5. The van der Waals surface area contributed by atoms with Gasteiger partial charge in [-0.15, -0.1) is 0 Å². The molecule has 4 saturated carbocycles. The van der Waals surface area contributed by atoms with E-state index in [1.54, 1.807) is 12.1 Å². The molecule has 0 aliphatic heterocycles. The molecule has 3 nitrogen and oxygen atoms in total. The Morgan fingerprint density at radius 2 is 1.79 bits per heavy atom. The van der Waals surface area contributed by atoms with Crippen molar-refractivity contribution in [2.75, 3.05) is 0 Å². The van der Waals surface area contributed by atoms with E-state index in [4.69, 9.17) is 11.6 Å². The summed E-state index contributed by atoms with van der Waals surface area (Å²) in [6.07, 6.45) is 5.74. The lowest BCUT2D eigenvalue weighted by atomic mass is 9.81. The molecule has 4 aliphatic rings. The second-order valence-electron chi connectivity index (χ2n) is 7.93. The second-order valence-corrected chi connectivity index (χ2v) is 10.0. The Bertz CT molecular complexity index is 926. The first-order valence-corrected chi connectivity index (χ1v) is 10.5. The van der Waals surface area contributed by atoms with E-state index >= 15 is 0 Å². The van der Waals surface area contributed by atoms with E-state index in [9.17, 15) is 8.42 Å². The third kappa shape index (κ3) is 2.16. The standard InChI is InChI=1S/C19H20ClNO2S/c20-18-3-1-2-14-9-16(4-5-17(14)18)24(22,23)21-19-10-12-6-13(11-19)8-15(19)7-12/h1-5,9,12-13,15,21H,6-8,10-11H2. The molecule has 0 aromatic heterocycles. The maximum atomic E-state index is 13.0. The van der Waals surface area contributed by atoms with E-state index in [0.29, 0.717) is 15.8 Å². The first kappa shape index (κ1) is 15.2. The third-order valence-electron chi connectivity index (χ3n) is 6.44. The van der Waals surface area contributed by atoms with Crippen LogP contribution in [0.4, 0.5) is 0 Å². The van der Waals surface area contributed by atoms with Gasteiger partial charge in [-0.1, -0.05) is 29.8 Å². The predicted molar refractivity (Wildman–Crippen MR) is 95.6 cm³/mol. The lowest BCUT2D eigenvalue weighted by Crippen LogP contribution is -2.49. The van der Waals surface area contributed by atoms with Crippen molar-refractivity contribution in [1.29, 1.82) is 0 Å². The molecule has 0 saturated heterocycles. The smallest absolute Gasteiger partial charge is 0.207 e. The predicted octanol–water partition coefficient (Wildman–Crippen LogP) is 4.35. The van der Waals surface area contributed by atoms with Crippen LogP contribution in [0.25, 0.3) is 10.8 Å². The molecule has 2 atom stereocenters. The van der Waals surface area contributed by atoms with Gasteiger partial charge < -0.3 is 0 Å². The number of fused-ring (bicyclic) bond motifs is 1. The maximum absolute atomic E-state index is 13.0. The van der Waals surface area contributed by atoms with Crippen molar-refractivity contribution >= 4 is 32.4 Å². The highest BCUT2D eigenvalue weighted by Crippen LogP contribution is 2.60. The average molecular weight is 362 g/mol. The van der Waals surface area contributed by atoms with Gasteiger partial charge in [-0.25, -0.2) is 13.1 Å². The van der Waals surface area contributed by atoms with Gasteiger partial charge in [-0.3, -0.25) is 0 Å². The van der Waals surface area contributed by atoms with Crippen molar-refractivity contribution in [2.45, 2.75) is 42.5 Å². The Labute approximate surface area is 147 Å². The van der Waals surface area contributed by atoms with Gasteiger partial charge in [0.05, 0.1) is 4.90 Å². The Balaban J connectivity index is 1.52. The van der Waals surface area contributed by atoms with Crippen molar-refractivity contribution in [3.63, 3.8) is 0 Å². The summed E-state index contributed by atoms with van der Waals surface area (Å²) >= 11 is 6.19. The van der Waals surface area contributed by atoms with Crippen LogP contribution in [-0.2, 0) is 10.0 Å². The fraction of sp³-hybridized carbons (Fsp3) is 0.474. The van der Waals surface area contributed by atoms with E-state index < -0.39 is 10.0 Å². The summed E-state index contributed by atoms with van der Waals surface area (Å²) < 4.78 is 29.2. The molecule has 2 aromatic rings. The van der Waals surface area contributed by atoms with Crippen LogP contribution in [-0.4, -0.2) is 14.0 Å². The molecule has 0 radical (unpaired) electrons. The fourth-order valence-electron chi connectivity index (χ4n) is 5.68. The molecule has 4 aliphatic carbocycles. The van der Waals surface area contributed by atoms with E-state index in [1.165, 1.54) is 19.3 Å². The molecule has 0 heterocycles. The summed E-state index contributed by atoms with van der Waals surface area (Å²) in [5, 5.41) is 2.40. The number of sulfonamides is 1. The maximum Gasteiger partial charge on any atom is 0.241 e. The van der Waals surface area contributed by atoms with Crippen LogP contribution in [0.1, 0.15) is 32.1 Å². The second kappa shape index (κ2) is 4.96. The molecular weight excluding hydrogens is 342 g/mol. The number of hydrogen-bond donors (Lipinski definition) is 1. The zero-order valence-electron chi connectivity index (χ0n) is 13.3. The highest BCUT2D eigenvalue weighted by atomic mass is 35.5. The topological polar surface area (TPSA) is 46.2 Å². The minimum Gasteiger partial charge on any atom is -0.207 e.